The van der Waals surface area contributed by atoms with Crippen LogP contribution in [0, 0.1) is 6.92 Å². The molecule has 1 N–H and O–H groups in total. The highest BCUT2D eigenvalue weighted by Gasteiger charge is 2.29. The van der Waals surface area contributed by atoms with Crippen LogP contribution in [0.1, 0.15) is 32.0 Å². The smallest absolute Gasteiger partial charge is 0.243 e. The third kappa shape index (κ3) is 5.31. The van der Waals surface area contributed by atoms with Crippen molar-refractivity contribution in [3.8, 4) is 0 Å². The molecule has 0 amide bonds. The number of piperazine rings is 1. The van der Waals surface area contributed by atoms with Gasteiger partial charge in [-0.15, -0.1) is 10.2 Å². The van der Waals surface area contributed by atoms with Gasteiger partial charge in [0.1, 0.15) is 5.82 Å². The van der Waals surface area contributed by atoms with Gasteiger partial charge in [0.25, 0.3) is 0 Å². The molecule has 1 aromatic carbocycles. The van der Waals surface area contributed by atoms with Gasteiger partial charge in [-0.1, -0.05) is 39.0 Å². The van der Waals surface area contributed by atoms with Gasteiger partial charge in [-0.05, 0) is 54.3 Å². The Morgan fingerprint density at radius 1 is 0.848 bits per heavy atom. The number of nitrogens with zero attached hydrogens (tertiary/aromatic N) is 5. The summed E-state index contributed by atoms with van der Waals surface area (Å²) < 4.78 is 27.7. The minimum absolute atomic E-state index is 0.0173. The second-order valence-corrected chi connectivity index (χ2v) is 11.2. The average molecular weight is 467 g/mol. The number of sulfonamides is 1. The van der Waals surface area contributed by atoms with Crippen molar-refractivity contribution in [3.05, 3.63) is 65.9 Å². The molecule has 0 unspecified atom stereocenters. The fourth-order valence-electron chi connectivity index (χ4n) is 3.74. The SMILES string of the molecule is Cc1cccc(Nc2ccc(N3CCN(S(=O)(=O)c4ccc(C(C)(C)C)cc4)CC3)nn2)n1. The van der Waals surface area contributed by atoms with Crippen LogP contribution in [0.4, 0.5) is 17.5 Å². The van der Waals surface area contributed by atoms with E-state index in [0.717, 1.165) is 17.1 Å². The highest BCUT2D eigenvalue weighted by atomic mass is 32.2. The molecule has 0 aliphatic carbocycles. The van der Waals surface area contributed by atoms with Crippen LogP contribution < -0.4 is 10.2 Å². The number of hydrogen-bond donors (Lipinski definition) is 1. The van der Waals surface area contributed by atoms with Crippen LogP contribution in [0.25, 0.3) is 0 Å². The van der Waals surface area contributed by atoms with Crippen LogP contribution in [0.5, 0.6) is 0 Å². The van der Waals surface area contributed by atoms with Gasteiger partial charge in [0.05, 0.1) is 4.90 Å². The van der Waals surface area contributed by atoms with E-state index in [0.29, 0.717) is 42.7 Å². The molecule has 33 heavy (non-hydrogen) atoms. The molecule has 1 aliphatic heterocycles. The molecule has 174 valence electrons. The molecule has 0 spiro atoms. The van der Waals surface area contributed by atoms with Crippen molar-refractivity contribution < 1.29 is 8.42 Å². The molecule has 1 aliphatic rings. The van der Waals surface area contributed by atoms with Crippen molar-refractivity contribution >= 4 is 27.5 Å². The second-order valence-electron chi connectivity index (χ2n) is 9.23. The Labute approximate surface area is 195 Å². The Balaban J connectivity index is 1.38. The van der Waals surface area contributed by atoms with Crippen molar-refractivity contribution in [2.75, 3.05) is 36.4 Å². The van der Waals surface area contributed by atoms with Gasteiger partial charge < -0.3 is 10.2 Å². The molecule has 1 saturated heterocycles. The number of hydrogen-bond acceptors (Lipinski definition) is 7. The third-order valence-electron chi connectivity index (χ3n) is 5.72. The van der Waals surface area contributed by atoms with Gasteiger partial charge in [-0.25, -0.2) is 13.4 Å². The maximum absolute atomic E-state index is 13.1. The van der Waals surface area contributed by atoms with E-state index in [1.807, 2.05) is 49.4 Å². The summed E-state index contributed by atoms with van der Waals surface area (Å²) in [6.45, 7) is 10.2. The summed E-state index contributed by atoms with van der Waals surface area (Å²) in [5, 5.41) is 11.7. The van der Waals surface area contributed by atoms with E-state index in [2.05, 4.69) is 46.2 Å². The Hall–Kier alpha value is -3.04. The molecule has 8 nitrogen and oxygen atoms in total. The summed E-state index contributed by atoms with van der Waals surface area (Å²) in [5.41, 5.74) is 2.01. The van der Waals surface area contributed by atoms with Gasteiger partial charge >= 0.3 is 0 Å². The van der Waals surface area contributed by atoms with Crippen LogP contribution in [0.15, 0.2) is 59.5 Å². The maximum atomic E-state index is 13.1. The second kappa shape index (κ2) is 9.07. The topological polar surface area (TPSA) is 91.3 Å². The molecule has 0 saturated carbocycles. The maximum Gasteiger partial charge on any atom is 0.243 e. The number of nitrogens with one attached hydrogen (secondary N) is 1. The van der Waals surface area contributed by atoms with Crippen LogP contribution in [0.2, 0.25) is 0 Å². The zero-order valence-electron chi connectivity index (χ0n) is 19.5. The number of aryl methyl sites for hydroxylation is 1. The Kier molecular flexibility index (Phi) is 6.36. The average Bonchev–Trinajstić information content (AvgIpc) is 2.79. The molecule has 2 aromatic heterocycles. The number of pyridine rings is 1. The zero-order chi connectivity index (χ0) is 23.6. The summed E-state index contributed by atoms with van der Waals surface area (Å²) >= 11 is 0. The van der Waals surface area contributed by atoms with Gasteiger partial charge in [0.15, 0.2) is 11.6 Å². The summed E-state index contributed by atoms with van der Waals surface area (Å²) in [4.78, 5) is 6.79. The van der Waals surface area contributed by atoms with Gasteiger partial charge in [0, 0.05) is 31.9 Å². The summed E-state index contributed by atoms with van der Waals surface area (Å²) in [6, 6.07) is 16.7. The standard InChI is InChI=1S/C24H30N6O2S/c1-18-6-5-7-21(25-18)26-22-12-13-23(28-27-22)29-14-16-30(17-15-29)33(31,32)20-10-8-19(9-11-20)24(2,3)4/h5-13H,14-17H2,1-4H3,(H,25,26,27). The lowest BCUT2D eigenvalue weighted by Crippen LogP contribution is -2.49. The molecule has 3 heterocycles. The fraction of sp³-hybridized carbons (Fsp3) is 0.375. The van der Waals surface area contributed by atoms with Crippen molar-refractivity contribution in [2.24, 2.45) is 0 Å². The van der Waals surface area contributed by atoms with Gasteiger partial charge in [-0.2, -0.15) is 4.31 Å². The molecular weight excluding hydrogens is 436 g/mol. The largest absolute Gasteiger partial charge is 0.352 e. The van der Waals surface area contributed by atoms with Crippen LogP contribution >= 0.6 is 0 Å². The lowest BCUT2D eigenvalue weighted by Gasteiger charge is -2.34. The number of anilines is 3. The van der Waals surface area contributed by atoms with Gasteiger partial charge in [-0.3, -0.25) is 0 Å². The van der Waals surface area contributed by atoms with E-state index in [4.69, 9.17) is 0 Å². The van der Waals surface area contributed by atoms with Crippen molar-refractivity contribution in [3.63, 3.8) is 0 Å². The first-order valence-electron chi connectivity index (χ1n) is 11.0. The number of benzene rings is 1. The Morgan fingerprint density at radius 2 is 1.55 bits per heavy atom. The van der Waals surface area contributed by atoms with Crippen molar-refractivity contribution in [1.29, 1.82) is 0 Å². The fourth-order valence-corrected chi connectivity index (χ4v) is 5.16. The van der Waals surface area contributed by atoms with E-state index in [1.54, 1.807) is 16.4 Å². The predicted octanol–water partition coefficient (Wildman–Crippen LogP) is 3.73. The van der Waals surface area contributed by atoms with Gasteiger partial charge in [0.2, 0.25) is 10.0 Å². The Morgan fingerprint density at radius 3 is 2.12 bits per heavy atom. The van der Waals surface area contributed by atoms with Crippen LogP contribution in [-0.4, -0.2) is 54.1 Å². The Bertz CT molecular complexity index is 1200. The minimum atomic E-state index is -3.52. The van der Waals surface area contributed by atoms with Crippen molar-refractivity contribution in [2.45, 2.75) is 38.0 Å². The third-order valence-corrected chi connectivity index (χ3v) is 7.63. The molecular formula is C24H30N6O2S. The van der Waals surface area contributed by atoms with E-state index < -0.39 is 10.0 Å². The monoisotopic (exact) mass is 466 g/mol. The summed E-state index contributed by atoms with van der Waals surface area (Å²) in [7, 11) is -3.52. The number of rotatable bonds is 5. The van der Waals surface area contributed by atoms with E-state index in [1.165, 1.54) is 0 Å². The molecule has 0 radical (unpaired) electrons. The molecule has 1 fully saturated rings. The normalized spacial score (nSPS) is 15.5. The van der Waals surface area contributed by atoms with Crippen molar-refractivity contribution in [1.82, 2.24) is 19.5 Å². The predicted molar refractivity (Wildman–Crippen MR) is 130 cm³/mol. The molecule has 4 rings (SSSR count). The van der Waals surface area contributed by atoms with E-state index >= 15 is 0 Å². The molecule has 0 atom stereocenters. The lowest BCUT2D eigenvalue weighted by atomic mass is 9.87. The molecule has 0 bridgehead atoms. The van der Waals surface area contributed by atoms with Crippen LogP contribution in [0.3, 0.4) is 0 Å². The first kappa shape index (κ1) is 23.1. The first-order valence-corrected chi connectivity index (χ1v) is 12.5. The minimum Gasteiger partial charge on any atom is -0.352 e. The highest BCUT2D eigenvalue weighted by Crippen LogP contribution is 2.25. The molecule has 9 heteroatoms. The summed E-state index contributed by atoms with van der Waals surface area (Å²) in [6.07, 6.45) is 0. The molecule has 3 aromatic rings. The lowest BCUT2D eigenvalue weighted by molar-refractivity contribution is 0.383. The number of aromatic nitrogens is 3. The zero-order valence-corrected chi connectivity index (χ0v) is 20.3. The van der Waals surface area contributed by atoms with E-state index in [-0.39, 0.29) is 5.41 Å². The highest BCUT2D eigenvalue weighted by molar-refractivity contribution is 7.89. The van der Waals surface area contributed by atoms with Crippen LogP contribution in [-0.2, 0) is 15.4 Å². The summed E-state index contributed by atoms with van der Waals surface area (Å²) in [5.74, 6) is 2.05. The first-order chi connectivity index (χ1) is 15.6. The van der Waals surface area contributed by atoms with E-state index in [9.17, 15) is 8.42 Å². The quantitative estimate of drug-likeness (QED) is 0.613.